The Morgan fingerprint density at radius 2 is 0.731 bits per heavy atom. The van der Waals surface area contributed by atoms with Crippen LogP contribution in [0.25, 0.3) is 0 Å². The van der Waals surface area contributed by atoms with Crippen molar-refractivity contribution < 1.29 is 47.2 Å². The van der Waals surface area contributed by atoms with Gasteiger partial charge < -0.3 is 0 Å². The van der Waals surface area contributed by atoms with Gasteiger partial charge >= 0.3 is 17.2 Å². The molecule has 1 rings (SSSR count). The molecule has 1 fully saturated rings. The zero-order valence-electron chi connectivity index (χ0n) is 16.9. The van der Waals surface area contributed by atoms with Crippen molar-refractivity contribution in [2.24, 2.45) is 0 Å². The summed E-state index contributed by atoms with van der Waals surface area (Å²) in [5, 5.41) is 0. The van der Waals surface area contributed by atoms with Gasteiger partial charge in [0.1, 0.15) is 0 Å². The third-order valence-corrected chi connectivity index (χ3v) is 4.33. The molecule has 0 aromatic rings. The average Bonchev–Trinajstić information content (AvgIpc) is 2.59. The third-order valence-electron chi connectivity index (χ3n) is 2.33. The molecule has 8 radical (unpaired) electrons. The van der Waals surface area contributed by atoms with Gasteiger partial charge in [0.15, 0.2) is 0 Å². The van der Waals surface area contributed by atoms with Gasteiger partial charge in [-0.15, -0.1) is 0 Å². The molecule has 0 aromatic carbocycles. The van der Waals surface area contributed by atoms with Gasteiger partial charge in [-0.05, 0) is 71.6 Å². The maximum Gasteiger partial charge on any atom is 0.397 e. The predicted molar refractivity (Wildman–Crippen MR) is 109 cm³/mol. The third kappa shape index (κ3) is 32.9. The van der Waals surface area contributed by atoms with E-state index >= 15 is 0 Å². The molecule has 0 aliphatic heterocycles. The van der Waals surface area contributed by atoms with Crippen LogP contribution in [0.3, 0.4) is 0 Å². The Hall–Kier alpha value is 1.27. The van der Waals surface area contributed by atoms with Gasteiger partial charge in [0, 0.05) is 20.1 Å². The molecule has 0 bridgehead atoms. The first-order valence-electron chi connectivity index (χ1n) is 7.79. The second-order valence-corrected chi connectivity index (χ2v) is 7.56. The Balaban J connectivity index is -0.000000128. The van der Waals surface area contributed by atoms with Crippen molar-refractivity contribution in [1.82, 2.24) is 0 Å². The summed E-state index contributed by atoms with van der Waals surface area (Å²) in [6.45, 7) is 6.50. The molecule has 9 heteroatoms. The van der Waals surface area contributed by atoms with Crippen LogP contribution in [-0.4, -0.2) is 42.7 Å². The van der Waals surface area contributed by atoms with Crippen molar-refractivity contribution in [3.05, 3.63) is 46.0 Å². The molecular weight excluding hydrogens is 554 g/mol. The van der Waals surface area contributed by atoms with E-state index in [9.17, 15) is 0 Å². The van der Waals surface area contributed by atoms with Gasteiger partial charge in [0.05, 0.1) is 42.7 Å². The van der Waals surface area contributed by atoms with Crippen molar-refractivity contribution >= 4 is 17.2 Å². The van der Waals surface area contributed by atoms with Crippen LogP contribution in [-0.2, 0) is 47.2 Å². The predicted octanol–water partition coefficient (Wildman–Crippen LogP) is 5.00. The zero-order chi connectivity index (χ0) is 19.8. The minimum Gasteiger partial charge on any atom is -0.183 e. The Labute approximate surface area is 178 Å². The summed E-state index contributed by atoms with van der Waals surface area (Å²) in [6, 6.07) is 0. The molecule has 0 unspecified atom stereocenters. The molecule has 158 valence electrons. The fourth-order valence-corrected chi connectivity index (χ4v) is 2.36. The van der Waals surface area contributed by atoms with E-state index < -0.39 is 17.2 Å². The van der Waals surface area contributed by atoms with E-state index in [0.717, 1.165) is 0 Å². The van der Waals surface area contributed by atoms with Crippen LogP contribution in [0.2, 0.25) is 0 Å². The standard InChI is InChI=1S/C8H12.2C3H10O3P.C3H5.Ir/c1-2-4-6-8-7-5-3-1;2*1-4-7(5-2)6-3;1-3-2;/h1-2,7-8H,3-6H2;2*7H,1-3H3;3H,1-2H2;/q;2*+1;;. The summed E-state index contributed by atoms with van der Waals surface area (Å²) in [6.07, 6.45) is 15.5. The van der Waals surface area contributed by atoms with E-state index in [2.05, 4.69) is 39.5 Å². The molecule has 0 spiro atoms. The fourth-order valence-electron chi connectivity index (χ4n) is 1.36. The summed E-state index contributed by atoms with van der Waals surface area (Å²) in [4.78, 5) is 0. The molecule has 26 heavy (non-hydrogen) atoms. The Kier molecular flexibility index (Phi) is 45.2. The Bertz CT molecular complexity index is 165. The zero-order valence-corrected chi connectivity index (χ0v) is 21.3. The summed E-state index contributed by atoms with van der Waals surface area (Å²) in [5.41, 5.74) is 0. The van der Waals surface area contributed by atoms with Crippen molar-refractivity contribution in [3.8, 4) is 0 Å². The van der Waals surface area contributed by atoms with E-state index in [-0.39, 0.29) is 20.1 Å². The number of hydrogen-bond acceptors (Lipinski definition) is 6. The van der Waals surface area contributed by atoms with Gasteiger partial charge in [-0.1, -0.05) is 0 Å². The maximum atomic E-state index is 4.71. The second-order valence-electron chi connectivity index (χ2n) is 4.11. The van der Waals surface area contributed by atoms with Gasteiger partial charge in [-0.25, -0.2) is 0 Å². The molecule has 0 atom stereocenters. The first-order valence-corrected chi connectivity index (χ1v) is 10.2. The van der Waals surface area contributed by atoms with Crippen LogP contribution in [0, 0.1) is 46.0 Å². The van der Waals surface area contributed by atoms with Crippen molar-refractivity contribution in [1.29, 1.82) is 0 Å². The maximum absolute atomic E-state index is 4.71. The van der Waals surface area contributed by atoms with Gasteiger partial charge in [0.25, 0.3) is 0 Å². The van der Waals surface area contributed by atoms with E-state index in [1.54, 1.807) is 42.7 Å². The Morgan fingerprint density at radius 3 is 0.808 bits per heavy atom. The molecule has 0 N–H and O–H groups in total. The molecule has 0 saturated heterocycles. The Morgan fingerprint density at radius 1 is 0.577 bits per heavy atom. The van der Waals surface area contributed by atoms with Crippen molar-refractivity contribution in [2.45, 2.75) is 25.7 Å². The van der Waals surface area contributed by atoms with Gasteiger partial charge in [-0.2, -0.15) is 27.1 Å². The summed E-state index contributed by atoms with van der Waals surface area (Å²) < 4.78 is 28.2. The first-order chi connectivity index (χ1) is 12.1. The van der Waals surface area contributed by atoms with Gasteiger partial charge in [-0.3, -0.25) is 0 Å². The summed E-state index contributed by atoms with van der Waals surface area (Å²) in [5.74, 6) is 0. The average molecular weight is 592 g/mol. The van der Waals surface area contributed by atoms with Crippen molar-refractivity contribution in [2.75, 3.05) is 42.7 Å². The second kappa shape index (κ2) is 33.8. The van der Waals surface area contributed by atoms with Crippen LogP contribution in [0.4, 0.5) is 0 Å². The minimum absolute atomic E-state index is 0. The smallest absolute Gasteiger partial charge is 0.183 e. The molecule has 6 nitrogen and oxygen atoms in total. The fraction of sp³-hybridized carbons (Fsp3) is 0.588. The quantitative estimate of drug-likeness (QED) is 0.406. The normalized spacial score (nSPS) is 13.6. The van der Waals surface area contributed by atoms with Crippen LogP contribution in [0.5, 0.6) is 0 Å². The van der Waals surface area contributed by atoms with E-state index in [4.69, 9.17) is 27.1 Å². The molecule has 0 amide bonds. The van der Waals surface area contributed by atoms with E-state index in [1.165, 1.54) is 32.1 Å². The summed E-state index contributed by atoms with van der Waals surface area (Å²) in [7, 11) is 6.62. The molecule has 0 aromatic heterocycles. The molecule has 0 heterocycles. The SMILES string of the molecule is CO[PH+](OC)OC.CO[PH+](OC)OC.[CH2][CH][CH2].[CH]1[CH]CC[CH][CH]CC1.[Ir]. The van der Waals surface area contributed by atoms with Crippen molar-refractivity contribution in [3.63, 3.8) is 0 Å². The van der Waals surface area contributed by atoms with Crippen LogP contribution < -0.4 is 0 Å². The molecule has 1 saturated carbocycles. The first kappa shape index (κ1) is 34.8. The largest absolute Gasteiger partial charge is 0.397 e. The minimum atomic E-state index is -1.36. The molecule has 1 aliphatic carbocycles. The van der Waals surface area contributed by atoms with Crippen LogP contribution in [0.15, 0.2) is 0 Å². The van der Waals surface area contributed by atoms with E-state index in [1.807, 2.05) is 0 Å². The number of rotatable bonds is 6. The van der Waals surface area contributed by atoms with Gasteiger partial charge in [0.2, 0.25) is 0 Å². The van der Waals surface area contributed by atoms with Crippen LogP contribution >= 0.6 is 17.2 Å². The van der Waals surface area contributed by atoms with Crippen LogP contribution in [0.1, 0.15) is 25.7 Å². The molecule has 1 aliphatic rings. The number of hydrogen-bond donors (Lipinski definition) is 0. The summed E-state index contributed by atoms with van der Waals surface area (Å²) >= 11 is 0. The topological polar surface area (TPSA) is 55.4 Å². The van der Waals surface area contributed by atoms with E-state index in [0.29, 0.717) is 0 Å². The monoisotopic (exact) mass is 592 g/mol. The molecular formula is C17H37IrO6P2+2.